The van der Waals surface area contributed by atoms with Crippen LogP contribution < -0.4 is 10.1 Å². The highest BCUT2D eigenvalue weighted by Gasteiger charge is 2.23. The average molecular weight is 247 g/mol. The van der Waals surface area contributed by atoms with Gasteiger partial charge in [-0.05, 0) is 36.8 Å². The Morgan fingerprint density at radius 3 is 2.72 bits per heavy atom. The fraction of sp³-hybridized carbons (Fsp3) is 0.625. The third kappa shape index (κ3) is 3.41. The SMILES string of the molecule is CC(C)COc1ccccc1NC1CCCC1C. The number of hydrogen-bond donors (Lipinski definition) is 1. The zero-order valence-electron chi connectivity index (χ0n) is 11.8. The van der Waals surface area contributed by atoms with Gasteiger partial charge >= 0.3 is 0 Å². The number of nitrogens with one attached hydrogen (secondary N) is 1. The maximum atomic E-state index is 5.88. The maximum Gasteiger partial charge on any atom is 0.142 e. The molecule has 1 aromatic rings. The van der Waals surface area contributed by atoms with Gasteiger partial charge < -0.3 is 10.1 Å². The summed E-state index contributed by atoms with van der Waals surface area (Å²) in [6.07, 6.45) is 3.96. The first kappa shape index (κ1) is 13.3. The van der Waals surface area contributed by atoms with E-state index in [9.17, 15) is 0 Å². The molecule has 2 nitrogen and oxygen atoms in total. The van der Waals surface area contributed by atoms with E-state index < -0.39 is 0 Å². The molecule has 2 heteroatoms. The van der Waals surface area contributed by atoms with E-state index in [4.69, 9.17) is 4.74 Å². The highest BCUT2D eigenvalue weighted by Crippen LogP contribution is 2.31. The molecule has 1 aliphatic carbocycles. The smallest absolute Gasteiger partial charge is 0.142 e. The fourth-order valence-corrected chi connectivity index (χ4v) is 2.53. The number of para-hydroxylation sites is 2. The van der Waals surface area contributed by atoms with Crippen LogP contribution in [0.25, 0.3) is 0 Å². The van der Waals surface area contributed by atoms with Gasteiger partial charge in [0.1, 0.15) is 5.75 Å². The quantitative estimate of drug-likeness (QED) is 0.836. The van der Waals surface area contributed by atoms with E-state index in [1.165, 1.54) is 19.3 Å². The van der Waals surface area contributed by atoms with Crippen molar-refractivity contribution in [2.75, 3.05) is 11.9 Å². The molecule has 0 amide bonds. The minimum absolute atomic E-state index is 0.559. The van der Waals surface area contributed by atoms with Gasteiger partial charge in [-0.25, -0.2) is 0 Å². The van der Waals surface area contributed by atoms with Crippen molar-refractivity contribution in [3.8, 4) is 5.75 Å². The third-order valence-electron chi connectivity index (χ3n) is 3.66. The predicted octanol–water partition coefficient (Wildman–Crippen LogP) is 4.32. The van der Waals surface area contributed by atoms with Crippen molar-refractivity contribution in [2.24, 2.45) is 11.8 Å². The van der Waals surface area contributed by atoms with Crippen LogP contribution in [0.3, 0.4) is 0 Å². The Hall–Kier alpha value is -1.18. The summed E-state index contributed by atoms with van der Waals surface area (Å²) < 4.78 is 5.88. The topological polar surface area (TPSA) is 21.3 Å². The first-order valence-corrected chi connectivity index (χ1v) is 7.15. The zero-order chi connectivity index (χ0) is 13.0. The van der Waals surface area contributed by atoms with Crippen LogP contribution in [-0.4, -0.2) is 12.6 Å². The first-order chi connectivity index (χ1) is 8.66. The van der Waals surface area contributed by atoms with Gasteiger partial charge in [0, 0.05) is 6.04 Å². The molecule has 1 N–H and O–H groups in total. The van der Waals surface area contributed by atoms with Crippen LogP contribution in [0.1, 0.15) is 40.0 Å². The summed E-state index contributed by atoms with van der Waals surface area (Å²) in [5.74, 6) is 2.32. The molecule has 0 saturated heterocycles. The molecule has 1 fully saturated rings. The van der Waals surface area contributed by atoms with Crippen LogP contribution in [0.4, 0.5) is 5.69 Å². The summed E-state index contributed by atoms with van der Waals surface area (Å²) in [5.41, 5.74) is 1.15. The van der Waals surface area contributed by atoms with Crippen LogP contribution in [0, 0.1) is 11.8 Å². The number of rotatable bonds is 5. The molecule has 1 saturated carbocycles. The van der Waals surface area contributed by atoms with Gasteiger partial charge in [-0.3, -0.25) is 0 Å². The van der Waals surface area contributed by atoms with E-state index in [1.807, 2.05) is 6.07 Å². The largest absolute Gasteiger partial charge is 0.491 e. The molecular formula is C16H25NO. The van der Waals surface area contributed by atoms with E-state index in [2.05, 4.69) is 44.3 Å². The van der Waals surface area contributed by atoms with Gasteiger partial charge in [0.15, 0.2) is 0 Å². The Kier molecular flexibility index (Phi) is 4.51. The molecule has 2 rings (SSSR count). The number of hydrogen-bond acceptors (Lipinski definition) is 2. The summed E-state index contributed by atoms with van der Waals surface area (Å²) in [7, 11) is 0. The Morgan fingerprint density at radius 1 is 1.28 bits per heavy atom. The first-order valence-electron chi connectivity index (χ1n) is 7.15. The van der Waals surface area contributed by atoms with Crippen molar-refractivity contribution in [3.05, 3.63) is 24.3 Å². The van der Waals surface area contributed by atoms with Crippen molar-refractivity contribution >= 4 is 5.69 Å². The van der Waals surface area contributed by atoms with Crippen LogP contribution in [0.15, 0.2) is 24.3 Å². The van der Waals surface area contributed by atoms with Crippen molar-refractivity contribution < 1.29 is 4.74 Å². The molecule has 1 aliphatic rings. The van der Waals surface area contributed by atoms with Gasteiger partial charge in [-0.1, -0.05) is 39.3 Å². The molecule has 1 aromatic carbocycles. The number of benzene rings is 1. The molecule has 0 radical (unpaired) electrons. The standard InChI is InChI=1S/C16H25NO/c1-12(2)11-18-16-10-5-4-8-15(16)17-14-9-6-7-13(14)3/h4-5,8,10,12-14,17H,6-7,9,11H2,1-3H3. The summed E-state index contributed by atoms with van der Waals surface area (Å²) in [6, 6.07) is 8.91. The molecule has 0 spiro atoms. The van der Waals surface area contributed by atoms with E-state index in [0.29, 0.717) is 12.0 Å². The molecule has 0 bridgehead atoms. The Bertz CT molecular complexity index is 375. The second-order valence-electron chi connectivity index (χ2n) is 5.86. The third-order valence-corrected chi connectivity index (χ3v) is 3.66. The van der Waals surface area contributed by atoms with E-state index in [0.717, 1.165) is 24.0 Å². The van der Waals surface area contributed by atoms with Crippen molar-refractivity contribution in [2.45, 2.75) is 46.1 Å². The van der Waals surface area contributed by atoms with Crippen molar-refractivity contribution in [1.82, 2.24) is 0 Å². The second-order valence-corrected chi connectivity index (χ2v) is 5.86. The zero-order valence-corrected chi connectivity index (χ0v) is 11.8. The number of anilines is 1. The Morgan fingerprint density at radius 2 is 2.06 bits per heavy atom. The minimum atomic E-state index is 0.559. The van der Waals surface area contributed by atoms with Crippen molar-refractivity contribution in [3.63, 3.8) is 0 Å². The highest BCUT2D eigenvalue weighted by atomic mass is 16.5. The fourth-order valence-electron chi connectivity index (χ4n) is 2.53. The van der Waals surface area contributed by atoms with Crippen LogP contribution in [-0.2, 0) is 0 Å². The van der Waals surface area contributed by atoms with E-state index in [-0.39, 0.29) is 0 Å². The minimum Gasteiger partial charge on any atom is -0.491 e. The van der Waals surface area contributed by atoms with E-state index in [1.54, 1.807) is 0 Å². The molecule has 2 atom stereocenters. The number of ether oxygens (including phenoxy) is 1. The monoisotopic (exact) mass is 247 g/mol. The maximum absolute atomic E-state index is 5.88. The Labute approximate surface area is 111 Å². The predicted molar refractivity (Wildman–Crippen MR) is 77.2 cm³/mol. The molecule has 0 heterocycles. The van der Waals surface area contributed by atoms with Gasteiger partial charge in [-0.2, -0.15) is 0 Å². The average Bonchev–Trinajstić information content (AvgIpc) is 2.74. The lowest BCUT2D eigenvalue weighted by atomic mass is 10.1. The van der Waals surface area contributed by atoms with Gasteiger partial charge in [0.25, 0.3) is 0 Å². The van der Waals surface area contributed by atoms with E-state index >= 15 is 0 Å². The summed E-state index contributed by atoms with van der Waals surface area (Å²) >= 11 is 0. The summed E-state index contributed by atoms with van der Waals surface area (Å²) in [5, 5.41) is 3.66. The lowest BCUT2D eigenvalue weighted by Gasteiger charge is -2.21. The summed E-state index contributed by atoms with van der Waals surface area (Å²) in [4.78, 5) is 0. The van der Waals surface area contributed by atoms with Crippen LogP contribution in [0.5, 0.6) is 5.75 Å². The molecule has 2 unspecified atom stereocenters. The lowest BCUT2D eigenvalue weighted by Crippen LogP contribution is -2.22. The van der Waals surface area contributed by atoms with Crippen molar-refractivity contribution in [1.29, 1.82) is 0 Å². The normalized spacial score (nSPS) is 23.3. The molecule has 0 aromatic heterocycles. The lowest BCUT2D eigenvalue weighted by molar-refractivity contribution is 0.272. The van der Waals surface area contributed by atoms with Gasteiger partial charge in [-0.15, -0.1) is 0 Å². The Balaban J connectivity index is 2.02. The molecule has 100 valence electrons. The van der Waals surface area contributed by atoms with Crippen LogP contribution >= 0.6 is 0 Å². The van der Waals surface area contributed by atoms with Crippen LogP contribution in [0.2, 0.25) is 0 Å². The summed E-state index contributed by atoms with van der Waals surface area (Å²) in [6.45, 7) is 7.46. The molecule has 0 aliphatic heterocycles. The van der Waals surface area contributed by atoms with Gasteiger partial charge in [0.05, 0.1) is 12.3 Å². The van der Waals surface area contributed by atoms with Gasteiger partial charge in [0.2, 0.25) is 0 Å². The second kappa shape index (κ2) is 6.12. The molecular weight excluding hydrogens is 222 g/mol. The molecule has 18 heavy (non-hydrogen) atoms. The highest BCUT2D eigenvalue weighted by molar-refractivity contribution is 5.56.